The minimum atomic E-state index is -0.289. The van der Waals surface area contributed by atoms with Crippen molar-refractivity contribution in [2.45, 2.75) is 43.6 Å². The minimum absolute atomic E-state index is 0.0573. The smallest absolute Gasteiger partial charge is 0.270 e. The number of carbonyl (C=O) groups excluding carboxylic acids is 1. The van der Waals surface area contributed by atoms with E-state index in [-0.39, 0.29) is 34.1 Å². The highest BCUT2D eigenvalue weighted by atomic mass is 32.2. The number of H-pyrrole nitrogens is 1. The first kappa shape index (κ1) is 19.1. The van der Waals surface area contributed by atoms with Gasteiger partial charge in [0.2, 0.25) is 5.91 Å². The molecule has 2 aromatic rings. The maximum Gasteiger partial charge on any atom is 0.270 e. The van der Waals surface area contributed by atoms with Gasteiger partial charge in [-0.1, -0.05) is 18.2 Å². The molecule has 2 N–H and O–H groups in total. The number of para-hydroxylation sites is 1. The van der Waals surface area contributed by atoms with Crippen molar-refractivity contribution in [2.75, 3.05) is 24.8 Å². The third-order valence-electron chi connectivity index (χ3n) is 5.32. The number of carbonyl (C=O) groups is 1. The lowest BCUT2D eigenvalue weighted by Crippen LogP contribution is -2.36. The topological polar surface area (TPSA) is 85.4 Å². The summed E-state index contributed by atoms with van der Waals surface area (Å²) in [6.07, 6.45) is 1.54. The Kier molecular flexibility index (Phi) is 5.01. The summed E-state index contributed by atoms with van der Waals surface area (Å²) in [4.78, 5) is 25.5. The molecule has 0 aliphatic carbocycles. The van der Waals surface area contributed by atoms with Gasteiger partial charge in [0.05, 0.1) is 35.3 Å². The van der Waals surface area contributed by atoms with Crippen LogP contribution in [-0.2, 0) is 9.53 Å². The number of ether oxygens (including phenoxy) is 2. The SMILES string of the molecule is COc1ccccc1C1SCC(=O)Nc2c1c(=O)[nH]n2C1CCOC(C)(C)C1. The van der Waals surface area contributed by atoms with Gasteiger partial charge in [-0.25, -0.2) is 0 Å². The maximum absolute atomic E-state index is 13.0. The van der Waals surface area contributed by atoms with Crippen molar-refractivity contribution >= 4 is 23.5 Å². The van der Waals surface area contributed by atoms with E-state index in [0.717, 1.165) is 18.4 Å². The van der Waals surface area contributed by atoms with Crippen LogP contribution in [-0.4, -0.2) is 40.8 Å². The highest BCUT2D eigenvalue weighted by Gasteiger charge is 2.36. The van der Waals surface area contributed by atoms with Crippen molar-refractivity contribution in [3.63, 3.8) is 0 Å². The van der Waals surface area contributed by atoms with Gasteiger partial charge in [0, 0.05) is 12.2 Å². The first-order valence-corrected chi connectivity index (χ1v) is 10.5. The Bertz CT molecular complexity index is 949. The number of thioether (sulfide) groups is 1. The second-order valence-corrected chi connectivity index (χ2v) is 8.90. The van der Waals surface area contributed by atoms with Crippen LogP contribution in [0.2, 0.25) is 0 Å². The number of nitrogens with zero attached hydrogens (tertiary/aromatic N) is 1. The van der Waals surface area contributed by atoms with Gasteiger partial charge in [0.15, 0.2) is 0 Å². The molecular weight excluding hydrogens is 378 g/mol. The molecule has 1 aromatic carbocycles. The molecule has 1 saturated heterocycles. The number of aromatic nitrogens is 2. The van der Waals surface area contributed by atoms with Crippen molar-refractivity contribution in [3.05, 3.63) is 45.7 Å². The predicted octanol–water partition coefficient (Wildman–Crippen LogP) is 3.09. The van der Waals surface area contributed by atoms with Crippen molar-refractivity contribution in [1.29, 1.82) is 0 Å². The van der Waals surface area contributed by atoms with Gasteiger partial charge in [-0.15, -0.1) is 11.8 Å². The summed E-state index contributed by atoms with van der Waals surface area (Å²) in [6.45, 7) is 4.71. The monoisotopic (exact) mass is 403 g/mol. The fourth-order valence-corrected chi connectivity index (χ4v) is 5.22. The van der Waals surface area contributed by atoms with E-state index in [0.29, 0.717) is 23.7 Å². The van der Waals surface area contributed by atoms with E-state index in [4.69, 9.17) is 9.47 Å². The first-order valence-electron chi connectivity index (χ1n) is 9.42. The van der Waals surface area contributed by atoms with E-state index < -0.39 is 0 Å². The van der Waals surface area contributed by atoms with Crippen LogP contribution < -0.4 is 15.6 Å². The van der Waals surface area contributed by atoms with E-state index in [2.05, 4.69) is 10.4 Å². The fourth-order valence-electron chi connectivity index (χ4n) is 4.07. The summed E-state index contributed by atoms with van der Waals surface area (Å²) in [5, 5.41) is 5.66. The summed E-state index contributed by atoms with van der Waals surface area (Å²) in [6, 6.07) is 7.70. The Morgan fingerprint density at radius 2 is 2.07 bits per heavy atom. The van der Waals surface area contributed by atoms with E-state index in [1.54, 1.807) is 7.11 Å². The lowest BCUT2D eigenvalue weighted by atomic mass is 9.94. The van der Waals surface area contributed by atoms with E-state index >= 15 is 0 Å². The van der Waals surface area contributed by atoms with Crippen LogP contribution >= 0.6 is 11.8 Å². The van der Waals surface area contributed by atoms with E-state index in [1.165, 1.54) is 11.8 Å². The molecule has 4 rings (SSSR count). The standard InChI is InChI=1S/C20H25N3O4S/c1-20(2)10-12(8-9-27-20)23-18-16(19(25)22-23)17(28-11-15(24)21-18)13-6-4-5-7-14(13)26-3/h4-7,12,17H,8-11H2,1-3H3,(H,21,24)(H,22,25). The van der Waals surface area contributed by atoms with E-state index in [1.807, 2.05) is 42.8 Å². The zero-order chi connectivity index (χ0) is 19.9. The molecule has 0 radical (unpaired) electrons. The number of benzene rings is 1. The van der Waals surface area contributed by atoms with Gasteiger partial charge in [0.25, 0.3) is 5.56 Å². The molecule has 2 atom stereocenters. The normalized spacial score (nSPS) is 24.2. The maximum atomic E-state index is 13.0. The molecule has 3 heterocycles. The van der Waals surface area contributed by atoms with Crippen molar-refractivity contribution in [2.24, 2.45) is 0 Å². The molecule has 150 valence electrons. The van der Waals surface area contributed by atoms with Gasteiger partial charge >= 0.3 is 0 Å². The van der Waals surface area contributed by atoms with Gasteiger partial charge in [-0.2, -0.15) is 0 Å². The Hall–Kier alpha value is -2.19. The van der Waals surface area contributed by atoms with Gasteiger partial charge in [-0.05, 0) is 32.8 Å². The lowest BCUT2D eigenvalue weighted by Gasteiger charge is -2.36. The zero-order valence-electron chi connectivity index (χ0n) is 16.3. The molecule has 8 heteroatoms. The molecule has 7 nitrogen and oxygen atoms in total. The van der Waals surface area contributed by atoms with Crippen LogP contribution in [0.5, 0.6) is 5.75 Å². The quantitative estimate of drug-likeness (QED) is 0.823. The largest absolute Gasteiger partial charge is 0.496 e. The summed E-state index contributed by atoms with van der Waals surface area (Å²) in [5.74, 6) is 1.44. The third-order valence-corrected chi connectivity index (χ3v) is 6.57. The average molecular weight is 404 g/mol. The summed E-state index contributed by atoms with van der Waals surface area (Å²) in [7, 11) is 1.62. The van der Waals surface area contributed by atoms with Crippen LogP contribution in [0.1, 0.15) is 49.1 Å². The lowest BCUT2D eigenvalue weighted by molar-refractivity contribution is -0.113. The Morgan fingerprint density at radius 3 is 2.82 bits per heavy atom. The number of rotatable bonds is 3. The molecule has 0 saturated carbocycles. The van der Waals surface area contributed by atoms with Crippen molar-refractivity contribution in [1.82, 2.24) is 9.78 Å². The third kappa shape index (κ3) is 3.46. The zero-order valence-corrected chi connectivity index (χ0v) is 17.1. The summed E-state index contributed by atoms with van der Waals surface area (Å²) < 4.78 is 13.2. The van der Waals surface area contributed by atoms with E-state index in [9.17, 15) is 9.59 Å². The Morgan fingerprint density at radius 1 is 1.29 bits per heavy atom. The van der Waals surface area contributed by atoms with Gasteiger partial charge in [-0.3, -0.25) is 19.4 Å². The van der Waals surface area contributed by atoms with Gasteiger partial charge < -0.3 is 14.8 Å². The summed E-state index contributed by atoms with van der Waals surface area (Å²) >= 11 is 1.44. The summed E-state index contributed by atoms with van der Waals surface area (Å²) in [5.41, 5.74) is 1.01. The molecular formula is C20H25N3O4S. The number of amides is 1. The Balaban J connectivity index is 1.83. The molecule has 0 spiro atoms. The number of aromatic amines is 1. The molecule has 1 fully saturated rings. The number of hydrogen-bond acceptors (Lipinski definition) is 5. The number of anilines is 1. The second kappa shape index (κ2) is 7.33. The predicted molar refractivity (Wildman–Crippen MR) is 109 cm³/mol. The van der Waals surface area contributed by atoms with Crippen LogP contribution in [0, 0.1) is 0 Å². The van der Waals surface area contributed by atoms with Crippen LogP contribution in [0.15, 0.2) is 29.1 Å². The molecule has 1 aromatic heterocycles. The van der Waals surface area contributed by atoms with Crippen molar-refractivity contribution in [3.8, 4) is 5.75 Å². The minimum Gasteiger partial charge on any atom is -0.496 e. The Labute approximate surface area is 167 Å². The van der Waals surface area contributed by atoms with Gasteiger partial charge in [0.1, 0.15) is 11.6 Å². The number of fused-ring (bicyclic) bond motifs is 1. The molecule has 1 amide bonds. The van der Waals surface area contributed by atoms with Crippen LogP contribution in [0.4, 0.5) is 5.82 Å². The molecule has 0 bridgehead atoms. The molecule has 2 aliphatic heterocycles. The average Bonchev–Trinajstić information content (AvgIpc) is 2.87. The molecule has 2 unspecified atom stereocenters. The molecule has 28 heavy (non-hydrogen) atoms. The van der Waals surface area contributed by atoms with Crippen LogP contribution in [0.25, 0.3) is 0 Å². The second-order valence-electron chi connectivity index (χ2n) is 7.81. The molecule has 2 aliphatic rings. The highest BCUT2D eigenvalue weighted by Crippen LogP contribution is 2.44. The first-order chi connectivity index (χ1) is 13.4. The number of methoxy groups -OCH3 is 1. The van der Waals surface area contributed by atoms with Crippen LogP contribution in [0.3, 0.4) is 0 Å². The number of hydrogen-bond donors (Lipinski definition) is 2. The van der Waals surface area contributed by atoms with Crippen molar-refractivity contribution < 1.29 is 14.3 Å². The highest BCUT2D eigenvalue weighted by molar-refractivity contribution is 8.00. The number of nitrogens with one attached hydrogen (secondary N) is 2. The fraction of sp³-hybridized carbons (Fsp3) is 0.500.